The highest BCUT2D eigenvalue weighted by atomic mass is 32.2. The van der Waals surface area contributed by atoms with Gasteiger partial charge in [0.15, 0.2) is 4.34 Å². The topological polar surface area (TPSA) is 73.1 Å². The smallest absolute Gasteiger partial charge is 0.257 e. The summed E-state index contributed by atoms with van der Waals surface area (Å²) in [4.78, 5) is 13.4. The highest BCUT2D eigenvalue weighted by molar-refractivity contribution is 7.87. The van der Waals surface area contributed by atoms with Crippen LogP contribution in [0.25, 0.3) is 0 Å². The quantitative estimate of drug-likeness (QED) is 0.549. The molecule has 12 heavy (non-hydrogen) atoms. The van der Waals surface area contributed by atoms with E-state index in [1.165, 1.54) is 0 Å². The van der Waals surface area contributed by atoms with Gasteiger partial charge in [0.1, 0.15) is 6.20 Å². The Bertz CT molecular complexity index is 322. The van der Waals surface area contributed by atoms with E-state index in [9.17, 15) is 14.3 Å². The molecule has 0 spiro atoms. The zero-order valence-corrected chi connectivity index (χ0v) is 7.85. The molecule has 0 aromatic carbocycles. The minimum atomic E-state index is -1.18. The van der Waals surface area contributed by atoms with Crippen molar-refractivity contribution in [2.24, 2.45) is 0 Å². The van der Waals surface area contributed by atoms with Crippen LogP contribution in [0, 0.1) is 10.1 Å². The molecule has 0 amide bonds. The minimum Gasteiger partial charge on any atom is -0.257 e. The van der Waals surface area contributed by atoms with E-state index >= 15 is 0 Å². The van der Waals surface area contributed by atoms with Crippen LogP contribution < -0.4 is 0 Å². The fraction of sp³-hybridized carbons (Fsp3) is 0.400. The molecule has 0 aliphatic heterocycles. The van der Waals surface area contributed by atoms with Crippen molar-refractivity contribution in [3.05, 3.63) is 16.3 Å². The third-order valence-electron chi connectivity index (χ3n) is 1.11. The Morgan fingerprint density at radius 3 is 2.92 bits per heavy atom. The molecule has 0 saturated carbocycles. The van der Waals surface area contributed by atoms with E-state index in [4.69, 9.17) is 0 Å². The zero-order valence-electron chi connectivity index (χ0n) is 6.22. The Morgan fingerprint density at radius 2 is 2.50 bits per heavy atom. The summed E-state index contributed by atoms with van der Waals surface area (Å²) >= 11 is 0.863. The summed E-state index contributed by atoms with van der Waals surface area (Å²) in [6.45, 7) is 1.74. The maximum atomic E-state index is 11.1. The summed E-state index contributed by atoms with van der Waals surface area (Å²) in [7, 11) is -1.18. The van der Waals surface area contributed by atoms with Crippen LogP contribution in [0.2, 0.25) is 0 Å². The average Bonchev–Trinajstić information content (AvgIpc) is 2.51. The normalized spacial score (nSPS) is 12.8. The number of aromatic nitrogens is 1. The second-order valence-corrected chi connectivity index (χ2v) is 4.78. The Kier molecular flexibility index (Phi) is 2.88. The summed E-state index contributed by atoms with van der Waals surface area (Å²) in [6.07, 6.45) is 1.13. The summed E-state index contributed by atoms with van der Waals surface area (Å²) < 4.78 is 11.4. The fourth-order valence-electron chi connectivity index (χ4n) is 0.563. The third-order valence-corrected chi connectivity index (χ3v) is 3.68. The van der Waals surface area contributed by atoms with Crippen LogP contribution in [0.5, 0.6) is 0 Å². The molecule has 0 radical (unpaired) electrons. The number of hydrogen-bond donors (Lipinski definition) is 0. The Labute approximate surface area is 75.0 Å². The number of thiazole rings is 1. The second kappa shape index (κ2) is 3.72. The van der Waals surface area contributed by atoms with Gasteiger partial charge in [-0.3, -0.25) is 14.3 Å². The van der Waals surface area contributed by atoms with Crippen molar-refractivity contribution in [3.8, 4) is 0 Å². The molecule has 1 aromatic rings. The molecule has 0 aliphatic rings. The van der Waals surface area contributed by atoms with E-state index in [1.54, 1.807) is 6.92 Å². The fourth-order valence-corrected chi connectivity index (χ4v) is 2.43. The SMILES string of the molecule is CCS(=O)c1ncc([N+](=O)[O-])s1. The third kappa shape index (κ3) is 1.86. The molecule has 0 bridgehead atoms. The molecule has 0 fully saturated rings. The van der Waals surface area contributed by atoms with E-state index in [2.05, 4.69) is 4.98 Å². The maximum Gasteiger partial charge on any atom is 0.344 e. The van der Waals surface area contributed by atoms with Crippen molar-refractivity contribution < 1.29 is 9.13 Å². The molecule has 5 nitrogen and oxygen atoms in total. The van der Waals surface area contributed by atoms with Gasteiger partial charge in [-0.2, -0.15) is 0 Å². The Morgan fingerprint density at radius 1 is 1.83 bits per heavy atom. The molecule has 7 heteroatoms. The van der Waals surface area contributed by atoms with Crippen LogP contribution in [0.15, 0.2) is 10.5 Å². The number of rotatable bonds is 3. The van der Waals surface area contributed by atoms with E-state index in [0.29, 0.717) is 10.1 Å². The monoisotopic (exact) mass is 206 g/mol. The number of nitro groups is 1. The van der Waals surface area contributed by atoms with Gasteiger partial charge in [0.25, 0.3) is 0 Å². The molecule has 66 valence electrons. The van der Waals surface area contributed by atoms with Gasteiger partial charge >= 0.3 is 5.00 Å². The predicted molar refractivity (Wildman–Crippen MR) is 45.7 cm³/mol. The zero-order chi connectivity index (χ0) is 9.14. The van der Waals surface area contributed by atoms with E-state index in [0.717, 1.165) is 17.5 Å². The van der Waals surface area contributed by atoms with Gasteiger partial charge in [-0.05, 0) is 11.3 Å². The van der Waals surface area contributed by atoms with Crippen molar-refractivity contribution in [1.29, 1.82) is 0 Å². The molecular formula is C5H6N2O3S2. The summed E-state index contributed by atoms with van der Waals surface area (Å²) in [5.41, 5.74) is 0. The standard InChI is InChI=1S/C5H6N2O3S2/c1-2-12(10)5-6-3-4(11-5)7(8)9/h3H,2H2,1H3. The molecule has 1 aromatic heterocycles. The van der Waals surface area contributed by atoms with Crippen LogP contribution in [0.1, 0.15) is 6.92 Å². The van der Waals surface area contributed by atoms with E-state index in [-0.39, 0.29) is 5.00 Å². The van der Waals surface area contributed by atoms with Crippen molar-refractivity contribution >= 4 is 27.1 Å². The minimum absolute atomic E-state index is 0.0631. The molecule has 1 rings (SSSR count). The van der Waals surface area contributed by atoms with E-state index < -0.39 is 15.7 Å². The highest BCUT2D eigenvalue weighted by Gasteiger charge is 2.14. The second-order valence-electron chi connectivity index (χ2n) is 1.86. The number of nitrogens with zero attached hydrogens (tertiary/aromatic N) is 2. The van der Waals surface area contributed by atoms with Gasteiger partial charge in [0.05, 0.1) is 15.7 Å². The maximum absolute atomic E-state index is 11.1. The van der Waals surface area contributed by atoms with Gasteiger partial charge < -0.3 is 0 Å². The van der Waals surface area contributed by atoms with Gasteiger partial charge in [-0.1, -0.05) is 6.92 Å². The molecule has 1 heterocycles. The van der Waals surface area contributed by atoms with Crippen LogP contribution >= 0.6 is 11.3 Å². The molecule has 0 aliphatic carbocycles. The summed E-state index contributed by atoms with van der Waals surface area (Å²) in [5.74, 6) is 0.435. The van der Waals surface area contributed by atoms with Gasteiger partial charge in [-0.15, -0.1) is 0 Å². The Hall–Kier alpha value is -0.820. The largest absolute Gasteiger partial charge is 0.344 e. The van der Waals surface area contributed by atoms with Crippen LogP contribution in [0.4, 0.5) is 5.00 Å². The van der Waals surface area contributed by atoms with Crippen molar-refractivity contribution in [1.82, 2.24) is 4.98 Å². The lowest BCUT2D eigenvalue weighted by Gasteiger charge is -1.86. The lowest BCUT2D eigenvalue weighted by Crippen LogP contribution is -1.91. The van der Waals surface area contributed by atoms with Gasteiger partial charge in [0, 0.05) is 5.75 Å². The van der Waals surface area contributed by atoms with Crippen molar-refractivity contribution in [3.63, 3.8) is 0 Å². The Balaban J connectivity index is 2.91. The number of hydrogen-bond acceptors (Lipinski definition) is 5. The summed E-state index contributed by atoms with van der Waals surface area (Å²) in [6, 6.07) is 0. The molecular weight excluding hydrogens is 200 g/mol. The molecule has 1 atom stereocenters. The molecule has 0 saturated heterocycles. The van der Waals surface area contributed by atoms with Crippen LogP contribution in [-0.2, 0) is 10.8 Å². The lowest BCUT2D eigenvalue weighted by atomic mass is 10.9. The highest BCUT2D eigenvalue weighted by Crippen LogP contribution is 2.23. The first kappa shape index (κ1) is 9.27. The van der Waals surface area contributed by atoms with Crippen molar-refractivity contribution in [2.75, 3.05) is 5.75 Å². The first-order chi connectivity index (χ1) is 5.65. The van der Waals surface area contributed by atoms with E-state index in [1.807, 2.05) is 0 Å². The van der Waals surface area contributed by atoms with Crippen molar-refractivity contribution in [2.45, 2.75) is 11.3 Å². The first-order valence-electron chi connectivity index (χ1n) is 3.13. The van der Waals surface area contributed by atoms with Crippen LogP contribution in [-0.4, -0.2) is 19.9 Å². The predicted octanol–water partition coefficient (Wildman–Crippen LogP) is 1.18. The van der Waals surface area contributed by atoms with Gasteiger partial charge in [-0.25, -0.2) is 4.98 Å². The van der Waals surface area contributed by atoms with Crippen LogP contribution in [0.3, 0.4) is 0 Å². The first-order valence-corrected chi connectivity index (χ1v) is 5.27. The average molecular weight is 206 g/mol. The summed E-state index contributed by atoms with van der Waals surface area (Å²) in [5, 5.41) is 10.1. The lowest BCUT2D eigenvalue weighted by molar-refractivity contribution is -0.380. The molecule has 1 unspecified atom stereocenters. The molecule has 0 N–H and O–H groups in total. The van der Waals surface area contributed by atoms with Gasteiger partial charge in [0.2, 0.25) is 0 Å².